The summed E-state index contributed by atoms with van der Waals surface area (Å²) >= 11 is 0. The van der Waals surface area contributed by atoms with E-state index >= 15 is 0 Å². The van der Waals surface area contributed by atoms with E-state index in [1.165, 1.54) is 11.1 Å². The lowest BCUT2D eigenvalue weighted by Crippen LogP contribution is -2.05. The molecule has 1 nitrogen and oxygen atoms in total. The van der Waals surface area contributed by atoms with Crippen LogP contribution in [0.3, 0.4) is 0 Å². The Morgan fingerprint density at radius 1 is 1.00 bits per heavy atom. The fourth-order valence-corrected chi connectivity index (χ4v) is 2.70. The van der Waals surface area contributed by atoms with Crippen molar-refractivity contribution >= 4 is 6.29 Å². The lowest BCUT2D eigenvalue weighted by atomic mass is 9.92. The molecule has 0 aliphatic rings. The van der Waals surface area contributed by atoms with E-state index in [0.29, 0.717) is 5.92 Å². The second kappa shape index (κ2) is 7.04. The van der Waals surface area contributed by atoms with Crippen LogP contribution < -0.4 is 0 Å². The average molecular weight is 266 g/mol. The third kappa shape index (κ3) is 3.80. The molecular weight excluding hydrogens is 244 g/mol. The van der Waals surface area contributed by atoms with Gasteiger partial charge in [-0.3, -0.25) is 4.79 Å². The van der Waals surface area contributed by atoms with Crippen LogP contribution in [0.15, 0.2) is 48.5 Å². The van der Waals surface area contributed by atoms with Crippen molar-refractivity contribution in [3.63, 3.8) is 0 Å². The highest BCUT2D eigenvalue weighted by Gasteiger charge is 2.07. The first kappa shape index (κ1) is 14.5. The first-order chi connectivity index (χ1) is 9.72. The summed E-state index contributed by atoms with van der Waals surface area (Å²) in [7, 11) is 0. The number of carbonyl (C=O) groups excluding carboxylic acids is 1. The molecule has 2 rings (SSSR count). The Morgan fingerprint density at radius 2 is 1.70 bits per heavy atom. The molecular formula is C19H22O. The standard InChI is InChI=1S/C19H22O/c1-3-18-13-17(9-10-19(18)14-20)12-15(2)11-16-7-5-4-6-8-16/h4-10,13-15H,3,11-12H2,1-2H3/t15-/m0/s1. The number of carbonyl (C=O) groups is 1. The van der Waals surface area contributed by atoms with Crippen LogP contribution in [0.4, 0.5) is 0 Å². The summed E-state index contributed by atoms with van der Waals surface area (Å²) in [6.45, 7) is 4.38. The van der Waals surface area contributed by atoms with Gasteiger partial charge in [-0.05, 0) is 41.9 Å². The third-order valence-corrected chi connectivity index (χ3v) is 3.73. The second-order valence-corrected chi connectivity index (χ2v) is 5.50. The van der Waals surface area contributed by atoms with Crippen molar-refractivity contribution in [1.82, 2.24) is 0 Å². The van der Waals surface area contributed by atoms with Gasteiger partial charge in [-0.25, -0.2) is 0 Å². The molecule has 0 fully saturated rings. The van der Waals surface area contributed by atoms with Crippen LogP contribution in [0.1, 0.15) is 40.9 Å². The molecule has 0 radical (unpaired) electrons. The molecule has 0 amide bonds. The molecule has 1 heteroatoms. The van der Waals surface area contributed by atoms with Crippen molar-refractivity contribution in [3.05, 3.63) is 70.8 Å². The van der Waals surface area contributed by atoms with Gasteiger partial charge < -0.3 is 0 Å². The molecule has 1 atom stereocenters. The Kier molecular flexibility index (Phi) is 5.11. The van der Waals surface area contributed by atoms with Crippen molar-refractivity contribution in [2.75, 3.05) is 0 Å². The van der Waals surface area contributed by atoms with Crippen molar-refractivity contribution in [1.29, 1.82) is 0 Å². The molecule has 0 heterocycles. The van der Waals surface area contributed by atoms with Crippen LogP contribution in [-0.4, -0.2) is 6.29 Å². The number of aldehydes is 1. The van der Waals surface area contributed by atoms with Gasteiger partial charge in [0.25, 0.3) is 0 Å². The molecule has 2 aromatic carbocycles. The van der Waals surface area contributed by atoms with Gasteiger partial charge in [0.2, 0.25) is 0 Å². The molecule has 0 bridgehead atoms. The lowest BCUT2D eigenvalue weighted by Gasteiger charge is -2.13. The van der Waals surface area contributed by atoms with Crippen LogP contribution in [-0.2, 0) is 19.3 Å². The van der Waals surface area contributed by atoms with E-state index in [1.54, 1.807) is 0 Å². The minimum absolute atomic E-state index is 0.601. The van der Waals surface area contributed by atoms with Gasteiger partial charge in [0.05, 0.1) is 0 Å². The monoisotopic (exact) mass is 266 g/mol. The lowest BCUT2D eigenvalue weighted by molar-refractivity contribution is 0.112. The van der Waals surface area contributed by atoms with Crippen LogP contribution in [0.5, 0.6) is 0 Å². The Bertz CT molecular complexity index is 557. The largest absolute Gasteiger partial charge is 0.298 e. The predicted octanol–water partition coefficient (Wildman–Crippen LogP) is 4.48. The summed E-state index contributed by atoms with van der Waals surface area (Å²) in [6, 6.07) is 16.8. The van der Waals surface area contributed by atoms with E-state index < -0.39 is 0 Å². The molecule has 0 unspecified atom stereocenters. The molecule has 0 spiro atoms. The third-order valence-electron chi connectivity index (χ3n) is 3.73. The van der Waals surface area contributed by atoms with E-state index in [4.69, 9.17) is 0 Å². The molecule has 20 heavy (non-hydrogen) atoms. The number of hydrogen-bond donors (Lipinski definition) is 0. The van der Waals surface area contributed by atoms with Gasteiger partial charge in [0.1, 0.15) is 6.29 Å². The zero-order valence-electron chi connectivity index (χ0n) is 12.3. The van der Waals surface area contributed by atoms with Gasteiger partial charge >= 0.3 is 0 Å². The van der Waals surface area contributed by atoms with E-state index in [2.05, 4.69) is 56.3 Å². The molecule has 0 aromatic heterocycles. The fraction of sp³-hybridized carbons (Fsp3) is 0.316. The summed E-state index contributed by atoms with van der Waals surface area (Å²) in [5.74, 6) is 0.601. The molecule has 0 N–H and O–H groups in total. The van der Waals surface area contributed by atoms with Gasteiger partial charge in [0, 0.05) is 5.56 Å². The Labute approximate surface area is 121 Å². The van der Waals surface area contributed by atoms with Gasteiger partial charge in [-0.15, -0.1) is 0 Å². The highest BCUT2D eigenvalue weighted by molar-refractivity contribution is 5.77. The quantitative estimate of drug-likeness (QED) is 0.704. The Hall–Kier alpha value is -1.89. The van der Waals surface area contributed by atoms with Crippen molar-refractivity contribution in [2.24, 2.45) is 5.92 Å². The van der Waals surface area contributed by atoms with E-state index in [0.717, 1.165) is 36.7 Å². The average Bonchev–Trinajstić information content (AvgIpc) is 2.48. The van der Waals surface area contributed by atoms with Crippen molar-refractivity contribution in [3.8, 4) is 0 Å². The maximum Gasteiger partial charge on any atom is 0.150 e. The molecule has 0 aliphatic heterocycles. The van der Waals surface area contributed by atoms with Crippen LogP contribution in [0.25, 0.3) is 0 Å². The summed E-state index contributed by atoms with van der Waals surface area (Å²) in [6.07, 6.45) is 4.02. The minimum atomic E-state index is 0.601. The number of aryl methyl sites for hydroxylation is 1. The molecule has 0 saturated carbocycles. The molecule has 2 aromatic rings. The summed E-state index contributed by atoms with van der Waals surface area (Å²) in [5, 5.41) is 0. The normalized spacial score (nSPS) is 12.1. The first-order valence-corrected chi connectivity index (χ1v) is 7.33. The Balaban J connectivity index is 2.04. The minimum Gasteiger partial charge on any atom is -0.298 e. The first-order valence-electron chi connectivity index (χ1n) is 7.33. The van der Waals surface area contributed by atoms with Gasteiger partial charge in [-0.2, -0.15) is 0 Å². The van der Waals surface area contributed by atoms with E-state index in [1.807, 2.05) is 6.07 Å². The van der Waals surface area contributed by atoms with E-state index in [9.17, 15) is 4.79 Å². The van der Waals surface area contributed by atoms with Crippen LogP contribution in [0, 0.1) is 5.92 Å². The smallest absolute Gasteiger partial charge is 0.150 e. The van der Waals surface area contributed by atoms with Crippen LogP contribution in [0.2, 0.25) is 0 Å². The van der Waals surface area contributed by atoms with Crippen molar-refractivity contribution < 1.29 is 4.79 Å². The summed E-state index contributed by atoms with van der Waals surface area (Å²) < 4.78 is 0. The highest BCUT2D eigenvalue weighted by atomic mass is 16.1. The number of hydrogen-bond acceptors (Lipinski definition) is 1. The van der Waals surface area contributed by atoms with Crippen molar-refractivity contribution in [2.45, 2.75) is 33.1 Å². The summed E-state index contributed by atoms with van der Waals surface area (Å²) in [4.78, 5) is 11.0. The summed E-state index contributed by atoms with van der Waals surface area (Å²) in [5.41, 5.74) is 4.70. The number of benzene rings is 2. The van der Waals surface area contributed by atoms with E-state index in [-0.39, 0.29) is 0 Å². The maximum absolute atomic E-state index is 11.0. The molecule has 104 valence electrons. The number of rotatable bonds is 6. The fourth-order valence-electron chi connectivity index (χ4n) is 2.70. The topological polar surface area (TPSA) is 17.1 Å². The highest BCUT2D eigenvalue weighted by Crippen LogP contribution is 2.17. The molecule has 0 aliphatic carbocycles. The van der Waals surface area contributed by atoms with Gasteiger partial charge in [0.15, 0.2) is 0 Å². The molecule has 0 saturated heterocycles. The maximum atomic E-state index is 11.0. The predicted molar refractivity (Wildman–Crippen MR) is 84.2 cm³/mol. The second-order valence-electron chi connectivity index (χ2n) is 5.50. The Morgan fingerprint density at radius 3 is 2.35 bits per heavy atom. The zero-order valence-corrected chi connectivity index (χ0v) is 12.3. The zero-order chi connectivity index (χ0) is 14.4. The van der Waals surface area contributed by atoms with Gasteiger partial charge in [-0.1, -0.05) is 62.4 Å². The SMILES string of the molecule is CCc1cc(C[C@@H](C)Cc2ccccc2)ccc1C=O. The van der Waals surface area contributed by atoms with Crippen LogP contribution >= 0.6 is 0 Å².